The molecule has 0 saturated carbocycles. The van der Waals surface area contributed by atoms with Crippen molar-refractivity contribution in [2.45, 2.75) is 41.0 Å². The minimum atomic E-state index is 0.205. The van der Waals surface area contributed by atoms with Crippen LogP contribution < -0.4 is 16.0 Å². The third-order valence-corrected chi connectivity index (χ3v) is 3.37. The second-order valence-corrected chi connectivity index (χ2v) is 5.36. The fourth-order valence-corrected chi connectivity index (χ4v) is 1.55. The molecule has 1 aromatic heterocycles. The van der Waals surface area contributed by atoms with Crippen LogP contribution in [-0.4, -0.2) is 34.6 Å². The summed E-state index contributed by atoms with van der Waals surface area (Å²) >= 11 is 0. The molecule has 0 amide bonds. The predicted molar refractivity (Wildman–Crippen MR) is 80.4 cm³/mol. The van der Waals surface area contributed by atoms with Crippen LogP contribution in [0.25, 0.3) is 0 Å². The van der Waals surface area contributed by atoms with Gasteiger partial charge in [0.05, 0.1) is 0 Å². The Morgan fingerprint density at radius 1 is 1.11 bits per heavy atom. The molecular weight excluding hydrogens is 240 g/mol. The number of nitrogen functional groups attached to an aromatic ring is 1. The van der Waals surface area contributed by atoms with Crippen molar-refractivity contribution in [3.8, 4) is 0 Å². The van der Waals surface area contributed by atoms with Gasteiger partial charge in [0, 0.05) is 19.6 Å². The van der Waals surface area contributed by atoms with Gasteiger partial charge in [-0.05, 0) is 25.7 Å². The summed E-state index contributed by atoms with van der Waals surface area (Å²) in [5.74, 6) is 1.44. The molecule has 0 unspecified atom stereocenters. The van der Waals surface area contributed by atoms with Gasteiger partial charge < -0.3 is 16.0 Å². The minimum Gasteiger partial charge on any atom is -0.368 e. The van der Waals surface area contributed by atoms with Gasteiger partial charge in [-0.1, -0.05) is 20.8 Å². The van der Waals surface area contributed by atoms with Crippen LogP contribution in [0.5, 0.6) is 0 Å². The molecule has 0 aromatic carbocycles. The van der Waals surface area contributed by atoms with Crippen LogP contribution in [0.3, 0.4) is 0 Å². The normalized spacial score (nSPS) is 11.4. The van der Waals surface area contributed by atoms with Crippen molar-refractivity contribution >= 4 is 17.8 Å². The number of anilines is 3. The third kappa shape index (κ3) is 4.54. The number of nitrogens with two attached hydrogens (primary N) is 1. The topological polar surface area (TPSA) is 80.0 Å². The predicted octanol–water partition coefficient (Wildman–Crippen LogP) is 2.15. The van der Waals surface area contributed by atoms with Crippen molar-refractivity contribution in [3.05, 3.63) is 0 Å². The van der Waals surface area contributed by atoms with Crippen molar-refractivity contribution < 1.29 is 0 Å². The molecule has 19 heavy (non-hydrogen) atoms. The average molecular weight is 266 g/mol. The van der Waals surface area contributed by atoms with Crippen molar-refractivity contribution in [2.24, 2.45) is 5.41 Å². The Morgan fingerprint density at radius 3 is 2.26 bits per heavy atom. The highest BCUT2D eigenvalue weighted by molar-refractivity contribution is 5.41. The molecule has 1 rings (SSSR count). The fraction of sp³-hybridized carbons (Fsp3) is 0.769. The first-order chi connectivity index (χ1) is 8.91. The largest absolute Gasteiger partial charge is 0.368 e. The molecule has 108 valence electrons. The van der Waals surface area contributed by atoms with Crippen molar-refractivity contribution in [1.29, 1.82) is 0 Å². The van der Waals surface area contributed by atoms with Crippen LogP contribution >= 0.6 is 0 Å². The Balaban J connectivity index is 2.85. The standard InChI is InChI=1S/C13H26N6/c1-6-13(4,5)9-15-11-16-10(14)17-12(18-11)19(7-2)8-3/h6-9H2,1-5H3,(H3,14,15,16,17,18). The van der Waals surface area contributed by atoms with E-state index in [4.69, 9.17) is 5.73 Å². The molecule has 0 spiro atoms. The molecule has 3 N–H and O–H groups in total. The highest BCUT2D eigenvalue weighted by Crippen LogP contribution is 2.20. The molecule has 0 aliphatic carbocycles. The molecule has 0 saturated heterocycles. The molecule has 0 bridgehead atoms. The van der Waals surface area contributed by atoms with Gasteiger partial charge in [0.1, 0.15) is 0 Å². The summed E-state index contributed by atoms with van der Waals surface area (Å²) in [6.07, 6.45) is 1.09. The lowest BCUT2D eigenvalue weighted by atomic mass is 9.90. The zero-order valence-corrected chi connectivity index (χ0v) is 12.7. The smallest absolute Gasteiger partial charge is 0.231 e. The van der Waals surface area contributed by atoms with Crippen LogP contribution in [-0.2, 0) is 0 Å². The Kier molecular flexibility index (Phi) is 5.32. The second-order valence-electron chi connectivity index (χ2n) is 5.36. The van der Waals surface area contributed by atoms with Crippen molar-refractivity contribution in [1.82, 2.24) is 15.0 Å². The van der Waals surface area contributed by atoms with E-state index in [2.05, 4.69) is 54.9 Å². The van der Waals surface area contributed by atoms with Crippen LogP contribution in [0.2, 0.25) is 0 Å². The molecule has 0 aliphatic heterocycles. The third-order valence-electron chi connectivity index (χ3n) is 3.37. The SMILES string of the molecule is CCN(CC)c1nc(N)nc(NCC(C)(C)CC)n1. The van der Waals surface area contributed by atoms with E-state index < -0.39 is 0 Å². The van der Waals surface area contributed by atoms with Gasteiger partial charge >= 0.3 is 0 Å². The minimum absolute atomic E-state index is 0.205. The van der Waals surface area contributed by atoms with E-state index in [-0.39, 0.29) is 11.4 Å². The van der Waals surface area contributed by atoms with E-state index in [0.717, 1.165) is 26.1 Å². The monoisotopic (exact) mass is 266 g/mol. The quantitative estimate of drug-likeness (QED) is 0.787. The molecule has 0 radical (unpaired) electrons. The Morgan fingerprint density at radius 2 is 1.74 bits per heavy atom. The fourth-order valence-electron chi connectivity index (χ4n) is 1.55. The summed E-state index contributed by atoms with van der Waals surface area (Å²) in [5, 5.41) is 3.25. The van der Waals surface area contributed by atoms with Gasteiger partial charge in [0.15, 0.2) is 0 Å². The number of aromatic nitrogens is 3. The molecule has 0 atom stereocenters. The summed E-state index contributed by atoms with van der Waals surface area (Å²) in [7, 11) is 0. The van der Waals surface area contributed by atoms with E-state index in [1.807, 2.05) is 4.90 Å². The van der Waals surface area contributed by atoms with Crippen LogP contribution in [0.1, 0.15) is 41.0 Å². The van der Waals surface area contributed by atoms with Crippen LogP contribution in [0.15, 0.2) is 0 Å². The zero-order chi connectivity index (χ0) is 14.5. The highest BCUT2D eigenvalue weighted by Gasteiger charge is 2.16. The highest BCUT2D eigenvalue weighted by atomic mass is 15.3. The molecule has 0 aliphatic rings. The summed E-state index contributed by atoms with van der Waals surface area (Å²) in [5.41, 5.74) is 5.95. The van der Waals surface area contributed by atoms with Gasteiger partial charge in [-0.15, -0.1) is 0 Å². The van der Waals surface area contributed by atoms with E-state index in [1.165, 1.54) is 0 Å². The Labute approximate surface area is 115 Å². The summed E-state index contributed by atoms with van der Waals surface area (Å²) < 4.78 is 0. The lowest BCUT2D eigenvalue weighted by Gasteiger charge is -2.23. The number of hydrogen-bond acceptors (Lipinski definition) is 6. The van der Waals surface area contributed by atoms with E-state index in [0.29, 0.717) is 11.9 Å². The van der Waals surface area contributed by atoms with E-state index >= 15 is 0 Å². The van der Waals surface area contributed by atoms with Gasteiger partial charge in [-0.2, -0.15) is 15.0 Å². The van der Waals surface area contributed by atoms with E-state index in [9.17, 15) is 0 Å². The maximum atomic E-state index is 5.75. The number of nitrogens with zero attached hydrogens (tertiary/aromatic N) is 4. The van der Waals surface area contributed by atoms with Crippen molar-refractivity contribution in [3.63, 3.8) is 0 Å². The molecule has 6 heteroatoms. The van der Waals surface area contributed by atoms with Crippen LogP contribution in [0.4, 0.5) is 17.8 Å². The lowest BCUT2D eigenvalue weighted by molar-refractivity contribution is 0.376. The summed E-state index contributed by atoms with van der Waals surface area (Å²) in [6, 6.07) is 0. The van der Waals surface area contributed by atoms with Gasteiger partial charge in [-0.3, -0.25) is 0 Å². The Bertz CT molecular complexity index is 400. The first-order valence-electron chi connectivity index (χ1n) is 6.92. The maximum Gasteiger partial charge on any atom is 0.231 e. The average Bonchev–Trinajstić information content (AvgIpc) is 2.37. The molecule has 6 nitrogen and oxygen atoms in total. The zero-order valence-electron chi connectivity index (χ0n) is 12.7. The lowest BCUT2D eigenvalue weighted by Crippen LogP contribution is -2.27. The molecule has 1 aromatic rings. The van der Waals surface area contributed by atoms with E-state index in [1.54, 1.807) is 0 Å². The first-order valence-corrected chi connectivity index (χ1v) is 6.92. The number of hydrogen-bond donors (Lipinski definition) is 2. The maximum absolute atomic E-state index is 5.75. The summed E-state index contributed by atoms with van der Waals surface area (Å²) in [6.45, 7) is 13.2. The van der Waals surface area contributed by atoms with Crippen molar-refractivity contribution in [2.75, 3.05) is 35.6 Å². The second kappa shape index (κ2) is 6.54. The van der Waals surface area contributed by atoms with Gasteiger partial charge in [-0.25, -0.2) is 0 Å². The van der Waals surface area contributed by atoms with Gasteiger partial charge in [0.25, 0.3) is 0 Å². The molecular formula is C13H26N6. The summed E-state index contributed by atoms with van der Waals surface area (Å²) in [4.78, 5) is 14.8. The molecule has 1 heterocycles. The number of rotatable bonds is 7. The number of nitrogens with one attached hydrogen (secondary N) is 1. The molecule has 0 fully saturated rings. The van der Waals surface area contributed by atoms with Crippen LogP contribution in [0, 0.1) is 5.41 Å². The first kappa shape index (κ1) is 15.5. The Hall–Kier alpha value is -1.59. The van der Waals surface area contributed by atoms with Gasteiger partial charge in [0.2, 0.25) is 17.8 Å².